The molecule has 0 fully saturated rings. The highest BCUT2D eigenvalue weighted by Crippen LogP contribution is 2.09. The predicted octanol–water partition coefficient (Wildman–Crippen LogP) is 2.43. The Morgan fingerprint density at radius 3 is 2.15 bits per heavy atom. The highest BCUT2D eigenvalue weighted by Gasteiger charge is 2.11. The number of hydrogen-bond donors (Lipinski definition) is 1. The first kappa shape index (κ1) is 14.6. The Morgan fingerprint density at radius 2 is 1.50 bits per heavy atom. The second kappa shape index (κ2) is 7.07. The quantitative estimate of drug-likeness (QED) is 0.797. The summed E-state index contributed by atoms with van der Waals surface area (Å²) in [5.41, 5.74) is 0. The Hall–Kier alpha value is -1.85. The molecule has 2 aromatic carbocycles. The minimum atomic E-state index is -3.41. The van der Waals surface area contributed by atoms with Crippen LogP contribution in [0.4, 0.5) is 0 Å². The first-order valence-electron chi connectivity index (χ1n) is 6.41. The maximum absolute atomic E-state index is 11.9. The van der Waals surface area contributed by atoms with Gasteiger partial charge in [0.2, 0.25) is 10.0 Å². The maximum atomic E-state index is 11.9. The molecular formula is C15H17NO3S. The van der Waals surface area contributed by atoms with Gasteiger partial charge in [-0.25, -0.2) is 13.1 Å². The molecule has 0 bridgehead atoms. The van der Waals surface area contributed by atoms with E-state index in [9.17, 15) is 8.42 Å². The molecule has 2 rings (SSSR count). The molecule has 0 atom stereocenters. The summed E-state index contributed by atoms with van der Waals surface area (Å²) in [7, 11) is -3.41. The van der Waals surface area contributed by atoms with E-state index in [4.69, 9.17) is 4.74 Å². The van der Waals surface area contributed by atoms with Crippen molar-refractivity contribution in [3.05, 3.63) is 60.7 Å². The van der Waals surface area contributed by atoms with E-state index in [1.165, 1.54) is 0 Å². The monoisotopic (exact) mass is 291 g/mol. The van der Waals surface area contributed by atoms with Crippen LogP contribution in [-0.2, 0) is 10.0 Å². The molecule has 5 heteroatoms. The summed E-state index contributed by atoms with van der Waals surface area (Å²) in [4.78, 5) is 0.281. The van der Waals surface area contributed by atoms with E-state index < -0.39 is 10.0 Å². The molecule has 106 valence electrons. The van der Waals surface area contributed by atoms with E-state index in [1.807, 2.05) is 30.3 Å². The smallest absolute Gasteiger partial charge is 0.240 e. The zero-order valence-electron chi connectivity index (χ0n) is 11.0. The van der Waals surface area contributed by atoms with E-state index in [-0.39, 0.29) is 4.90 Å². The van der Waals surface area contributed by atoms with Gasteiger partial charge in [0.1, 0.15) is 5.75 Å². The molecule has 0 aliphatic carbocycles. The van der Waals surface area contributed by atoms with Crippen molar-refractivity contribution in [1.82, 2.24) is 4.72 Å². The molecule has 0 saturated carbocycles. The topological polar surface area (TPSA) is 55.4 Å². The summed E-state index contributed by atoms with van der Waals surface area (Å²) >= 11 is 0. The number of hydrogen-bond acceptors (Lipinski definition) is 3. The van der Waals surface area contributed by atoms with Gasteiger partial charge in [0.05, 0.1) is 11.5 Å². The van der Waals surface area contributed by atoms with Crippen molar-refractivity contribution in [2.75, 3.05) is 13.2 Å². The van der Waals surface area contributed by atoms with Crippen LogP contribution in [0.25, 0.3) is 0 Å². The van der Waals surface area contributed by atoms with E-state index in [0.717, 1.165) is 5.75 Å². The molecule has 0 aromatic heterocycles. The van der Waals surface area contributed by atoms with Crippen LogP contribution in [0.1, 0.15) is 6.42 Å². The number of benzene rings is 2. The summed E-state index contributed by atoms with van der Waals surface area (Å²) in [6.45, 7) is 0.825. The fourth-order valence-corrected chi connectivity index (χ4v) is 2.76. The summed E-state index contributed by atoms with van der Waals surface area (Å²) in [6, 6.07) is 17.8. The van der Waals surface area contributed by atoms with Gasteiger partial charge in [0.15, 0.2) is 0 Å². The van der Waals surface area contributed by atoms with E-state index >= 15 is 0 Å². The van der Waals surface area contributed by atoms with Crippen molar-refractivity contribution >= 4 is 10.0 Å². The van der Waals surface area contributed by atoms with Crippen molar-refractivity contribution in [1.29, 1.82) is 0 Å². The first-order chi connectivity index (χ1) is 9.68. The van der Waals surface area contributed by atoms with Gasteiger partial charge in [-0.2, -0.15) is 0 Å². The molecule has 0 spiro atoms. The Kier molecular flexibility index (Phi) is 5.15. The largest absolute Gasteiger partial charge is 0.494 e. The van der Waals surface area contributed by atoms with Crippen molar-refractivity contribution in [2.45, 2.75) is 11.3 Å². The Bertz CT molecular complexity index is 612. The third-order valence-electron chi connectivity index (χ3n) is 2.68. The number of rotatable bonds is 7. The standard InChI is InChI=1S/C15H17NO3S/c17-20(18,15-10-5-2-6-11-15)16-12-7-13-19-14-8-3-1-4-9-14/h1-6,8-11,16H,7,12-13H2. The molecule has 20 heavy (non-hydrogen) atoms. The second-order valence-corrected chi connectivity index (χ2v) is 5.99. The normalized spacial score (nSPS) is 11.2. The number of ether oxygens (including phenoxy) is 1. The van der Waals surface area contributed by atoms with Crippen molar-refractivity contribution in [2.24, 2.45) is 0 Å². The minimum absolute atomic E-state index is 0.281. The number of nitrogens with one attached hydrogen (secondary N) is 1. The molecular weight excluding hydrogens is 274 g/mol. The lowest BCUT2D eigenvalue weighted by atomic mass is 10.3. The van der Waals surface area contributed by atoms with E-state index in [0.29, 0.717) is 19.6 Å². The summed E-state index contributed by atoms with van der Waals surface area (Å²) in [5, 5.41) is 0. The molecule has 0 radical (unpaired) electrons. The van der Waals surface area contributed by atoms with Crippen molar-refractivity contribution in [3.8, 4) is 5.75 Å². The molecule has 0 aliphatic heterocycles. The van der Waals surface area contributed by atoms with Gasteiger partial charge in [-0.05, 0) is 30.7 Å². The third kappa shape index (κ3) is 4.36. The van der Waals surface area contributed by atoms with Crippen LogP contribution in [0, 0.1) is 0 Å². The average molecular weight is 291 g/mol. The van der Waals surface area contributed by atoms with Crippen LogP contribution in [0.2, 0.25) is 0 Å². The minimum Gasteiger partial charge on any atom is -0.494 e. The van der Waals surface area contributed by atoms with Crippen molar-refractivity contribution in [3.63, 3.8) is 0 Å². The first-order valence-corrected chi connectivity index (χ1v) is 7.89. The third-order valence-corrected chi connectivity index (χ3v) is 4.16. The zero-order chi connectivity index (χ0) is 14.3. The van der Waals surface area contributed by atoms with Gasteiger partial charge in [-0.15, -0.1) is 0 Å². The van der Waals surface area contributed by atoms with E-state index in [2.05, 4.69) is 4.72 Å². The molecule has 2 aromatic rings. The molecule has 0 unspecified atom stereocenters. The van der Waals surface area contributed by atoms with Crippen LogP contribution >= 0.6 is 0 Å². The number of sulfonamides is 1. The van der Waals surface area contributed by atoms with Gasteiger partial charge in [0, 0.05) is 6.54 Å². The van der Waals surface area contributed by atoms with Gasteiger partial charge < -0.3 is 4.74 Å². The molecule has 0 heterocycles. The van der Waals surface area contributed by atoms with Gasteiger partial charge in [0.25, 0.3) is 0 Å². The number of para-hydroxylation sites is 1. The average Bonchev–Trinajstić information content (AvgIpc) is 2.49. The lowest BCUT2D eigenvalue weighted by molar-refractivity contribution is 0.311. The van der Waals surface area contributed by atoms with Crippen molar-refractivity contribution < 1.29 is 13.2 Å². The van der Waals surface area contributed by atoms with Gasteiger partial charge in [-0.3, -0.25) is 0 Å². The molecule has 0 saturated heterocycles. The lowest BCUT2D eigenvalue weighted by Crippen LogP contribution is -2.25. The van der Waals surface area contributed by atoms with Gasteiger partial charge >= 0.3 is 0 Å². The van der Waals surface area contributed by atoms with Crippen LogP contribution in [-0.4, -0.2) is 21.6 Å². The SMILES string of the molecule is O=S(=O)(NCCCOc1ccccc1)c1ccccc1. The summed E-state index contributed by atoms with van der Waals surface area (Å²) in [6.07, 6.45) is 0.612. The van der Waals surface area contributed by atoms with E-state index in [1.54, 1.807) is 30.3 Å². The highest BCUT2D eigenvalue weighted by atomic mass is 32.2. The fraction of sp³-hybridized carbons (Fsp3) is 0.200. The summed E-state index contributed by atoms with van der Waals surface area (Å²) in [5.74, 6) is 0.790. The van der Waals surface area contributed by atoms with Crippen LogP contribution < -0.4 is 9.46 Å². The Morgan fingerprint density at radius 1 is 0.900 bits per heavy atom. The molecule has 0 amide bonds. The predicted molar refractivity (Wildman–Crippen MR) is 78.2 cm³/mol. The highest BCUT2D eigenvalue weighted by molar-refractivity contribution is 7.89. The molecule has 1 N–H and O–H groups in total. The Labute approximate surface area is 119 Å². The zero-order valence-corrected chi connectivity index (χ0v) is 11.8. The fourth-order valence-electron chi connectivity index (χ4n) is 1.67. The van der Waals surface area contributed by atoms with Crippen LogP contribution in [0.15, 0.2) is 65.6 Å². The van der Waals surface area contributed by atoms with Crippen LogP contribution in [0.3, 0.4) is 0 Å². The maximum Gasteiger partial charge on any atom is 0.240 e. The van der Waals surface area contributed by atoms with Crippen LogP contribution in [0.5, 0.6) is 5.75 Å². The van der Waals surface area contributed by atoms with Gasteiger partial charge in [-0.1, -0.05) is 36.4 Å². The summed E-state index contributed by atoms with van der Waals surface area (Å²) < 4.78 is 31.9. The molecule has 4 nitrogen and oxygen atoms in total. The molecule has 0 aliphatic rings. The lowest BCUT2D eigenvalue weighted by Gasteiger charge is -2.08. The Balaban J connectivity index is 1.74. The second-order valence-electron chi connectivity index (χ2n) is 4.23.